The van der Waals surface area contributed by atoms with Crippen LogP contribution in [-0.4, -0.2) is 37.0 Å². The molecule has 0 aliphatic rings. The highest BCUT2D eigenvalue weighted by molar-refractivity contribution is 5.97. The topological polar surface area (TPSA) is 58.9 Å². The lowest BCUT2D eigenvalue weighted by atomic mass is 10.3. The second-order valence-electron chi connectivity index (χ2n) is 2.09. The van der Waals surface area contributed by atoms with Crippen molar-refractivity contribution in [2.24, 2.45) is 4.99 Å². The van der Waals surface area contributed by atoms with Gasteiger partial charge >= 0.3 is 5.97 Å². The number of aliphatic hydroxyl groups is 1. The van der Waals surface area contributed by atoms with Crippen molar-refractivity contribution >= 4 is 11.7 Å². The fourth-order valence-corrected chi connectivity index (χ4v) is 0.578. The van der Waals surface area contributed by atoms with Gasteiger partial charge in [0, 0.05) is 5.71 Å². The SMILES string of the molecule is COC(=O)CC(C)=NCCO. The number of hydrogen-bond donors (Lipinski definition) is 1. The Hall–Kier alpha value is -0.900. The van der Waals surface area contributed by atoms with Crippen molar-refractivity contribution in [3.05, 3.63) is 0 Å². The first-order valence-electron chi connectivity index (χ1n) is 3.38. The lowest BCUT2D eigenvalue weighted by Gasteiger charge is -1.97. The summed E-state index contributed by atoms with van der Waals surface area (Å²) in [7, 11) is 1.33. The lowest BCUT2D eigenvalue weighted by Crippen LogP contribution is -2.07. The van der Waals surface area contributed by atoms with Gasteiger partial charge in [0.1, 0.15) is 0 Å². The third kappa shape index (κ3) is 5.54. The molecule has 0 aromatic rings. The maximum absolute atomic E-state index is 10.6. The van der Waals surface area contributed by atoms with E-state index in [0.717, 1.165) is 0 Å². The van der Waals surface area contributed by atoms with Gasteiger partial charge in [0.15, 0.2) is 0 Å². The van der Waals surface area contributed by atoms with Crippen LogP contribution < -0.4 is 0 Å². The van der Waals surface area contributed by atoms with E-state index in [-0.39, 0.29) is 19.0 Å². The Morgan fingerprint density at radius 2 is 2.27 bits per heavy atom. The molecule has 0 bridgehead atoms. The molecule has 0 aliphatic carbocycles. The van der Waals surface area contributed by atoms with E-state index in [1.165, 1.54) is 7.11 Å². The average molecular weight is 159 g/mol. The summed E-state index contributed by atoms with van der Waals surface area (Å²) in [5, 5.41) is 8.38. The number of aliphatic imine (C=N–C) groups is 1. The van der Waals surface area contributed by atoms with Crippen LogP contribution >= 0.6 is 0 Å². The zero-order valence-electron chi connectivity index (χ0n) is 6.83. The third-order valence-corrected chi connectivity index (χ3v) is 1.11. The minimum Gasteiger partial charge on any atom is -0.469 e. The van der Waals surface area contributed by atoms with Crippen LogP contribution in [0.2, 0.25) is 0 Å². The molecule has 0 aliphatic heterocycles. The molecule has 0 unspecified atom stereocenters. The summed E-state index contributed by atoms with van der Waals surface area (Å²) in [4.78, 5) is 14.5. The molecule has 0 atom stereocenters. The Balaban J connectivity index is 3.66. The number of carbonyl (C=O) groups excluding carboxylic acids is 1. The normalized spacial score (nSPS) is 11.4. The van der Waals surface area contributed by atoms with Crippen LogP contribution in [0.1, 0.15) is 13.3 Å². The second kappa shape index (κ2) is 5.85. The third-order valence-electron chi connectivity index (χ3n) is 1.11. The minimum atomic E-state index is -0.302. The Morgan fingerprint density at radius 3 is 2.73 bits per heavy atom. The van der Waals surface area contributed by atoms with E-state index in [0.29, 0.717) is 12.3 Å². The van der Waals surface area contributed by atoms with Crippen molar-refractivity contribution in [2.45, 2.75) is 13.3 Å². The summed E-state index contributed by atoms with van der Waals surface area (Å²) in [6, 6.07) is 0. The van der Waals surface area contributed by atoms with Gasteiger partial charge in [-0.1, -0.05) is 0 Å². The van der Waals surface area contributed by atoms with E-state index in [4.69, 9.17) is 5.11 Å². The molecule has 0 radical (unpaired) electrons. The summed E-state index contributed by atoms with van der Waals surface area (Å²) in [5.74, 6) is -0.302. The Bertz CT molecular complexity index is 154. The quantitative estimate of drug-likeness (QED) is 0.464. The molecule has 0 heterocycles. The average Bonchev–Trinajstić information content (AvgIpc) is 2.00. The molecule has 0 aromatic heterocycles. The summed E-state index contributed by atoms with van der Waals surface area (Å²) >= 11 is 0. The van der Waals surface area contributed by atoms with Crippen molar-refractivity contribution in [1.29, 1.82) is 0 Å². The molecule has 11 heavy (non-hydrogen) atoms. The highest BCUT2D eigenvalue weighted by atomic mass is 16.5. The summed E-state index contributed by atoms with van der Waals surface area (Å²) in [6.45, 7) is 2.09. The predicted octanol–water partition coefficient (Wildman–Crippen LogP) is 0.00270. The van der Waals surface area contributed by atoms with Gasteiger partial charge < -0.3 is 9.84 Å². The number of hydrogen-bond acceptors (Lipinski definition) is 4. The Morgan fingerprint density at radius 1 is 1.64 bits per heavy atom. The van der Waals surface area contributed by atoms with E-state index in [9.17, 15) is 4.79 Å². The van der Waals surface area contributed by atoms with Crippen LogP contribution in [0, 0.1) is 0 Å². The number of aliphatic hydroxyl groups excluding tert-OH is 1. The number of esters is 1. The first-order valence-corrected chi connectivity index (χ1v) is 3.38. The van der Waals surface area contributed by atoms with Crippen LogP contribution in [0.4, 0.5) is 0 Å². The number of ether oxygens (including phenoxy) is 1. The molecular weight excluding hydrogens is 146 g/mol. The van der Waals surface area contributed by atoms with Crippen LogP contribution in [0.15, 0.2) is 4.99 Å². The van der Waals surface area contributed by atoms with E-state index in [2.05, 4.69) is 9.73 Å². The van der Waals surface area contributed by atoms with E-state index < -0.39 is 0 Å². The minimum absolute atomic E-state index is 0.0124. The molecule has 4 heteroatoms. The molecule has 0 aromatic carbocycles. The second-order valence-corrected chi connectivity index (χ2v) is 2.09. The van der Waals surface area contributed by atoms with Crippen molar-refractivity contribution in [3.8, 4) is 0 Å². The molecule has 0 spiro atoms. The van der Waals surface area contributed by atoms with E-state index in [1.807, 2.05) is 0 Å². The van der Waals surface area contributed by atoms with Gasteiger partial charge in [0.25, 0.3) is 0 Å². The zero-order chi connectivity index (χ0) is 8.69. The molecule has 0 rings (SSSR count). The van der Waals surface area contributed by atoms with Crippen LogP contribution in [0.3, 0.4) is 0 Å². The van der Waals surface area contributed by atoms with Crippen LogP contribution in [-0.2, 0) is 9.53 Å². The maximum atomic E-state index is 10.6. The zero-order valence-corrected chi connectivity index (χ0v) is 6.83. The van der Waals surface area contributed by atoms with Gasteiger partial charge in [-0.25, -0.2) is 0 Å². The molecule has 0 saturated heterocycles. The smallest absolute Gasteiger partial charge is 0.311 e. The van der Waals surface area contributed by atoms with Gasteiger partial charge in [0.2, 0.25) is 0 Å². The van der Waals surface area contributed by atoms with Gasteiger partial charge in [-0.05, 0) is 6.92 Å². The fourth-order valence-electron chi connectivity index (χ4n) is 0.578. The maximum Gasteiger partial charge on any atom is 0.311 e. The predicted molar refractivity (Wildman–Crippen MR) is 41.7 cm³/mol. The number of carbonyl (C=O) groups is 1. The fraction of sp³-hybridized carbons (Fsp3) is 0.714. The number of methoxy groups -OCH3 is 1. The molecule has 0 saturated carbocycles. The Labute approximate surface area is 65.9 Å². The number of rotatable bonds is 4. The van der Waals surface area contributed by atoms with Crippen molar-refractivity contribution in [3.63, 3.8) is 0 Å². The molecule has 0 amide bonds. The molecule has 4 nitrogen and oxygen atoms in total. The standard InChI is InChI=1S/C7H13NO3/c1-6(8-3-4-9)5-7(10)11-2/h9H,3-5H2,1-2H3. The van der Waals surface area contributed by atoms with Gasteiger partial charge in [0.05, 0.1) is 26.7 Å². The number of nitrogens with zero attached hydrogens (tertiary/aromatic N) is 1. The van der Waals surface area contributed by atoms with Gasteiger partial charge in [-0.3, -0.25) is 9.79 Å². The van der Waals surface area contributed by atoms with E-state index in [1.54, 1.807) is 6.92 Å². The monoisotopic (exact) mass is 159 g/mol. The summed E-state index contributed by atoms with van der Waals surface area (Å²) < 4.78 is 4.42. The lowest BCUT2D eigenvalue weighted by molar-refractivity contribution is -0.139. The van der Waals surface area contributed by atoms with Gasteiger partial charge in [-0.15, -0.1) is 0 Å². The first kappa shape index (κ1) is 10.1. The Kier molecular flexibility index (Phi) is 5.37. The van der Waals surface area contributed by atoms with Crippen molar-refractivity contribution < 1.29 is 14.6 Å². The molecule has 1 N–H and O–H groups in total. The molecular formula is C7H13NO3. The summed E-state index contributed by atoms with van der Waals surface area (Å²) in [6.07, 6.45) is 0.205. The largest absolute Gasteiger partial charge is 0.469 e. The van der Waals surface area contributed by atoms with Crippen molar-refractivity contribution in [1.82, 2.24) is 0 Å². The van der Waals surface area contributed by atoms with Crippen LogP contribution in [0.5, 0.6) is 0 Å². The van der Waals surface area contributed by atoms with Crippen molar-refractivity contribution in [2.75, 3.05) is 20.3 Å². The summed E-state index contributed by atoms with van der Waals surface area (Å²) in [5.41, 5.74) is 0.686. The highest BCUT2D eigenvalue weighted by Crippen LogP contribution is 1.88. The highest BCUT2D eigenvalue weighted by Gasteiger charge is 2.00. The first-order chi connectivity index (χ1) is 5.20. The van der Waals surface area contributed by atoms with Crippen LogP contribution in [0.25, 0.3) is 0 Å². The molecule has 0 fully saturated rings. The molecule has 64 valence electrons. The van der Waals surface area contributed by atoms with E-state index >= 15 is 0 Å². The van der Waals surface area contributed by atoms with Gasteiger partial charge in [-0.2, -0.15) is 0 Å².